The molecule has 0 aliphatic carbocycles. The maximum atomic E-state index is 13.8. The number of hydrogen-bond acceptors (Lipinski definition) is 1. The van der Waals surface area contributed by atoms with Crippen LogP contribution in [0.25, 0.3) is 0 Å². The van der Waals surface area contributed by atoms with Crippen LogP contribution in [0.1, 0.15) is 17.2 Å². The van der Waals surface area contributed by atoms with Gasteiger partial charge in [0, 0.05) is 0 Å². The predicted molar refractivity (Wildman–Crippen MR) is 100 cm³/mol. The summed E-state index contributed by atoms with van der Waals surface area (Å²) in [5.41, 5.74) is 1.72. The molecule has 0 aliphatic heterocycles. The number of hydrogen-bond donors (Lipinski definition) is 2. The second-order valence-corrected chi connectivity index (χ2v) is 5.86. The molecule has 2 nitrogen and oxygen atoms in total. The van der Waals surface area contributed by atoms with E-state index < -0.39 is 11.6 Å². The Hall–Kier alpha value is -2.79. The van der Waals surface area contributed by atoms with Crippen molar-refractivity contribution in [1.29, 1.82) is 0 Å². The van der Waals surface area contributed by atoms with Crippen molar-refractivity contribution in [3.05, 3.63) is 102 Å². The zero-order valence-electron chi connectivity index (χ0n) is 13.2. The minimum Gasteiger partial charge on any atom is -0.352 e. The third-order valence-electron chi connectivity index (χ3n) is 3.74. The van der Waals surface area contributed by atoms with Crippen LogP contribution in [0.3, 0.4) is 0 Å². The molecular weight excluding hydrogens is 338 g/mol. The highest BCUT2D eigenvalue weighted by molar-refractivity contribution is 7.80. The normalized spacial score (nSPS) is 10.5. The van der Waals surface area contributed by atoms with E-state index in [-0.39, 0.29) is 16.8 Å². The lowest BCUT2D eigenvalue weighted by Crippen LogP contribution is -2.33. The third-order valence-corrected chi connectivity index (χ3v) is 3.96. The zero-order chi connectivity index (χ0) is 17.6. The van der Waals surface area contributed by atoms with Crippen molar-refractivity contribution in [2.24, 2.45) is 0 Å². The average Bonchev–Trinajstić information content (AvgIpc) is 2.64. The number of para-hydroxylation sites is 1. The highest BCUT2D eigenvalue weighted by Crippen LogP contribution is 2.23. The van der Waals surface area contributed by atoms with E-state index in [4.69, 9.17) is 12.2 Å². The summed E-state index contributed by atoms with van der Waals surface area (Å²) in [5.74, 6) is -1.39. The molecule has 0 spiro atoms. The zero-order valence-corrected chi connectivity index (χ0v) is 14.1. The van der Waals surface area contributed by atoms with E-state index >= 15 is 0 Å². The first-order valence-corrected chi connectivity index (χ1v) is 8.17. The first-order chi connectivity index (χ1) is 12.1. The molecule has 25 heavy (non-hydrogen) atoms. The summed E-state index contributed by atoms with van der Waals surface area (Å²) in [6.45, 7) is 0. The van der Waals surface area contributed by atoms with Gasteiger partial charge >= 0.3 is 0 Å². The summed E-state index contributed by atoms with van der Waals surface area (Å²) >= 11 is 5.28. The summed E-state index contributed by atoms with van der Waals surface area (Å²) in [6, 6.07) is 22.9. The Kier molecular flexibility index (Phi) is 5.36. The molecule has 3 rings (SSSR count). The molecule has 0 aliphatic rings. The highest BCUT2D eigenvalue weighted by atomic mass is 32.1. The standard InChI is InChI=1S/C20H16F2N2S/c21-16-12-7-13-17(22)19(16)24-20(25)23-18(14-8-3-1-4-9-14)15-10-5-2-6-11-15/h1-13,18H,(H2,23,24,25). The molecule has 0 aromatic heterocycles. The van der Waals surface area contributed by atoms with Gasteiger partial charge in [0.05, 0.1) is 6.04 Å². The summed E-state index contributed by atoms with van der Waals surface area (Å²) in [5, 5.41) is 5.90. The van der Waals surface area contributed by atoms with Crippen LogP contribution in [0, 0.1) is 11.6 Å². The van der Waals surface area contributed by atoms with Crippen LogP contribution < -0.4 is 10.6 Å². The largest absolute Gasteiger partial charge is 0.352 e. The van der Waals surface area contributed by atoms with Gasteiger partial charge in [0.1, 0.15) is 17.3 Å². The number of rotatable bonds is 4. The molecule has 3 aromatic rings. The first kappa shape index (κ1) is 17.0. The van der Waals surface area contributed by atoms with E-state index in [1.54, 1.807) is 0 Å². The van der Waals surface area contributed by atoms with Gasteiger partial charge in [-0.25, -0.2) is 8.78 Å². The highest BCUT2D eigenvalue weighted by Gasteiger charge is 2.16. The molecule has 0 bridgehead atoms. The quantitative estimate of drug-likeness (QED) is 0.642. The van der Waals surface area contributed by atoms with Gasteiger partial charge in [0.25, 0.3) is 0 Å². The van der Waals surface area contributed by atoms with Gasteiger partial charge in [0.15, 0.2) is 5.11 Å². The molecule has 0 unspecified atom stereocenters. The molecule has 0 saturated carbocycles. The SMILES string of the molecule is Fc1cccc(F)c1NC(=S)NC(c1ccccc1)c1ccccc1. The van der Waals surface area contributed by atoms with Gasteiger partial charge in [-0.1, -0.05) is 66.7 Å². The lowest BCUT2D eigenvalue weighted by molar-refractivity contribution is 0.591. The van der Waals surface area contributed by atoms with Crippen LogP contribution in [0.15, 0.2) is 78.9 Å². The second kappa shape index (κ2) is 7.85. The van der Waals surface area contributed by atoms with Crippen molar-refractivity contribution in [2.75, 3.05) is 5.32 Å². The van der Waals surface area contributed by atoms with Crippen molar-refractivity contribution in [1.82, 2.24) is 5.32 Å². The van der Waals surface area contributed by atoms with Crippen molar-refractivity contribution in [2.45, 2.75) is 6.04 Å². The van der Waals surface area contributed by atoms with Crippen LogP contribution in [-0.4, -0.2) is 5.11 Å². The number of halogens is 2. The van der Waals surface area contributed by atoms with Gasteiger partial charge in [-0.05, 0) is 35.5 Å². The van der Waals surface area contributed by atoms with Crippen molar-refractivity contribution in [3.8, 4) is 0 Å². The number of anilines is 1. The fraction of sp³-hybridized carbons (Fsp3) is 0.0500. The van der Waals surface area contributed by atoms with Crippen molar-refractivity contribution < 1.29 is 8.78 Å². The van der Waals surface area contributed by atoms with E-state index in [1.165, 1.54) is 18.2 Å². The molecule has 0 amide bonds. The van der Waals surface area contributed by atoms with Gasteiger partial charge in [-0.2, -0.15) is 0 Å². The number of nitrogens with one attached hydrogen (secondary N) is 2. The fourth-order valence-electron chi connectivity index (χ4n) is 2.55. The van der Waals surface area contributed by atoms with Crippen molar-refractivity contribution >= 4 is 23.0 Å². The van der Waals surface area contributed by atoms with E-state index in [2.05, 4.69) is 10.6 Å². The molecule has 3 aromatic carbocycles. The van der Waals surface area contributed by atoms with Gasteiger partial charge in [-0.15, -0.1) is 0 Å². The Morgan fingerprint density at radius 2 is 1.20 bits per heavy atom. The molecule has 0 atom stereocenters. The Morgan fingerprint density at radius 3 is 1.68 bits per heavy atom. The van der Waals surface area contributed by atoms with Crippen LogP contribution in [-0.2, 0) is 0 Å². The Morgan fingerprint density at radius 1 is 0.720 bits per heavy atom. The molecule has 0 radical (unpaired) electrons. The molecule has 2 N–H and O–H groups in total. The summed E-state index contributed by atoms with van der Waals surface area (Å²) in [4.78, 5) is 0. The minimum atomic E-state index is -0.694. The van der Waals surface area contributed by atoms with E-state index in [1.807, 2.05) is 60.7 Å². The van der Waals surface area contributed by atoms with Gasteiger partial charge in [-0.3, -0.25) is 0 Å². The summed E-state index contributed by atoms with van der Waals surface area (Å²) < 4.78 is 27.6. The number of benzene rings is 3. The van der Waals surface area contributed by atoms with Gasteiger partial charge < -0.3 is 10.6 Å². The minimum absolute atomic E-state index is 0.140. The molecule has 0 fully saturated rings. The lowest BCUT2D eigenvalue weighted by atomic mass is 9.99. The number of thiocarbonyl (C=S) groups is 1. The smallest absolute Gasteiger partial charge is 0.171 e. The third kappa shape index (κ3) is 4.19. The lowest BCUT2D eigenvalue weighted by Gasteiger charge is -2.22. The molecule has 126 valence electrons. The fourth-order valence-corrected chi connectivity index (χ4v) is 2.77. The first-order valence-electron chi connectivity index (χ1n) is 7.76. The maximum Gasteiger partial charge on any atom is 0.171 e. The Labute approximate surface area is 150 Å². The monoisotopic (exact) mass is 354 g/mol. The van der Waals surface area contributed by atoms with Gasteiger partial charge in [0.2, 0.25) is 0 Å². The molecule has 5 heteroatoms. The van der Waals surface area contributed by atoms with Crippen LogP contribution in [0.2, 0.25) is 0 Å². The van der Waals surface area contributed by atoms with E-state index in [0.29, 0.717) is 0 Å². The maximum absolute atomic E-state index is 13.8. The van der Waals surface area contributed by atoms with Crippen molar-refractivity contribution in [3.63, 3.8) is 0 Å². The van der Waals surface area contributed by atoms with Crippen LogP contribution >= 0.6 is 12.2 Å². The topological polar surface area (TPSA) is 24.1 Å². The van der Waals surface area contributed by atoms with E-state index in [0.717, 1.165) is 11.1 Å². The predicted octanol–water partition coefficient (Wildman–Crippen LogP) is 5.04. The van der Waals surface area contributed by atoms with E-state index in [9.17, 15) is 8.78 Å². The second-order valence-electron chi connectivity index (χ2n) is 5.45. The molecule has 0 heterocycles. The summed E-state index contributed by atoms with van der Waals surface area (Å²) in [7, 11) is 0. The summed E-state index contributed by atoms with van der Waals surface area (Å²) in [6.07, 6.45) is 0. The Bertz CT molecular complexity index is 794. The Balaban J connectivity index is 1.84. The molecule has 0 saturated heterocycles. The average molecular weight is 354 g/mol. The van der Waals surface area contributed by atoms with Crippen LogP contribution in [0.4, 0.5) is 14.5 Å². The van der Waals surface area contributed by atoms with Crippen LogP contribution in [0.5, 0.6) is 0 Å². The molecular formula is C20H16F2N2S.